The van der Waals surface area contributed by atoms with Gasteiger partial charge in [0.25, 0.3) is 0 Å². The van der Waals surface area contributed by atoms with Gasteiger partial charge in [-0.05, 0) is 74.8 Å². The van der Waals surface area contributed by atoms with E-state index in [0.717, 1.165) is 51.9 Å². The van der Waals surface area contributed by atoms with E-state index in [0.29, 0.717) is 17.9 Å². The van der Waals surface area contributed by atoms with Crippen molar-refractivity contribution in [3.8, 4) is 0 Å². The van der Waals surface area contributed by atoms with E-state index < -0.39 is 0 Å². The fourth-order valence-corrected chi connectivity index (χ4v) is 5.36. The molecule has 3 heterocycles. The molecule has 0 spiro atoms. The number of benzene rings is 1. The van der Waals surface area contributed by atoms with Gasteiger partial charge >= 0.3 is 0 Å². The lowest BCUT2D eigenvalue weighted by Gasteiger charge is -2.40. The highest BCUT2D eigenvalue weighted by atomic mass is 16.5. The molecule has 3 aliphatic rings. The molecule has 0 saturated carbocycles. The molecule has 0 aromatic heterocycles. The van der Waals surface area contributed by atoms with Crippen LogP contribution in [0.2, 0.25) is 0 Å². The highest BCUT2D eigenvalue weighted by Gasteiger charge is 2.31. The molecule has 1 unspecified atom stereocenters. The van der Waals surface area contributed by atoms with Crippen LogP contribution in [-0.2, 0) is 4.74 Å². The van der Waals surface area contributed by atoms with E-state index in [1.165, 1.54) is 30.0 Å². The number of allylic oxidation sites excluding steroid dienone is 1. The Kier molecular flexibility index (Phi) is 6.89. The van der Waals surface area contributed by atoms with Crippen LogP contribution in [0, 0.1) is 17.8 Å². The Balaban J connectivity index is 1.39. The maximum absolute atomic E-state index is 5.59. The van der Waals surface area contributed by atoms with E-state index in [1.54, 1.807) is 0 Å². The fourth-order valence-electron chi connectivity index (χ4n) is 5.36. The number of hydrogen-bond acceptors (Lipinski definition) is 5. The molecule has 2 saturated heterocycles. The zero-order valence-corrected chi connectivity index (χ0v) is 19.3. The summed E-state index contributed by atoms with van der Waals surface area (Å²) in [7, 11) is 2.21. The molecule has 0 aliphatic carbocycles. The third-order valence-corrected chi connectivity index (χ3v) is 7.34. The van der Waals surface area contributed by atoms with Crippen LogP contribution in [0.1, 0.15) is 33.6 Å². The summed E-state index contributed by atoms with van der Waals surface area (Å²) >= 11 is 0. The van der Waals surface area contributed by atoms with Crippen molar-refractivity contribution in [2.75, 3.05) is 63.2 Å². The van der Waals surface area contributed by atoms with Crippen molar-refractivity contribution in [3.63, 3.8) is 0 Å². The van der Waals surface area contributed by atoms with Crippen molar-refractivity contribution in [2.24, 2.45) is 17.8 Å². The van der Waals surface area contributed by atoms with Crippen LogP contribution in [0.4, 0.5) is 11.4 Å². The molecule has 5 heteroatoms. The number of nitrogens with zero attached hydrogens (tertiary/aromatic N) is 3. The summed E-state index contributed by atoms with van der Waals surface area (Å²) in [5, 5.41) is 3.70. The molecule has 3 aliphatic heterocycles. The largest absolute Gasteiger partial charge is 0.381 e. The molecule has 2 atom stereocenters. The van der Waals surface area contributed by atoms with E-state index in [2.05, 4.69) is 78.2 Å². The van der Waals surface area contributed by atoms with Gasteiger partial charge in [0.2, 0.25) is 0 Å². The molecule has 0 bridgehead atoms. The summed E-state index contributed by atoms with van der Waals surface area (Å²) in [5.41, 5.74) is 2.52. The highest BCUT2D eigenvalue weighted by molar-refractivity contribution is 5.57. The second-order valence-electron chi connectivity index (χ2n) is 9.73. The normalized spacial score (nSPS) is 26.8. The first-order valence-electron chi connectivity index (χ1n) is 11.9. The number of anilines is 2. The Morgan fingerprint density at radius 3 is 2.30 bits per heavy atom. The van der Waals surface area contributed by atoms with Crippen molar-refractivity contribution in [1.82, 2.24) is 9.80 Å². The maximum atomic E-state index is 5.59. The van der Waals surface area contributed by atoms with Gasteiger partial charge in [-0.25, -0.2) is 0 Å². The van der Waals surface area contributed by atoms with Gasteiger partial charge in [0.15, 0.2) is 0 Å². The third-order valence-electron chi connectivity index (χ3n) is 7.34. The molecule has 0 amide bonds. The first-order chi connectivity index (χ1) is 14.5. The Hall–Kier alpha value is -1.72. The van der Waals surface area contributed by atoms with Crippen LogP contribution in [0.3, 0.4) is 0 Å². The van der Waals surface area contributed by atoms with Crippen molar-refractivity contribution < 1.29 is 4.74 Å². The second kappa shape index (κ2) is 9.61. The van der Waals surface area contributed by atoms with Gasteiger partial charge in [-0.15, -0.1) is 0 Å². The molecule has 30 heavy (non-hydrogen) atoms. The topological polar surface area (TPSA) is 31.0 Å². The van der Waals surface area contributed by atoms with Gasteiger partial charge in [-0.2, -0.15) is 0 Å². The predicted molar refractivity (Wildman–Crippen MR) is 126 cm³/mol. The quantitative estimate of drug-likeness (QED) is 0.787. The lowest BCUT2D eigenvalue weighted by molar-refractivity contribution is 0.0404. The fraction of sp³-hybridized carbons (Fsp3) is 0.680. The monoisotopic (exact) mass is 412 g/mol. The summed E-state index contributed by atoms with van der Waals surface area (Å²) in [5.74, 6) is 3.34. The number of piperazine rings is 1. The summed E-state index contributed by atoms with van der Waals surface area (Å²) in [4.78, 5) is 7.45. The van der Waals surface area contributed by atoms with Crippen molar-refractivity contribution in [2.45, 2.75) is 39.7 Å². The van der Waals surface area contributed by atoms with Gasteiger partial charge in [0.1, 0.15) is 5.82 Å². The zero-order chi connectivity index (χ0) is 21.1. The third kappa shape index (κ3) is 4.94. The van der Waals surface area contributed by atoms with E-state index in [9.17, 15) is 0 Å². The van der Waals surface area contributed by atoms with Crippen molar-refractivity contribution in [1.29, 1.82) is 0 Å². The summed E-state index contributed by atoms with van der Waals surface area (Å²) in [6.07, 6.45) is 4.88. The molecule has 1 N–H and O–H groups in total. The predicted octanol–water partition coefficient (Wildman–Crippen LogP) is 4.09. The lowest BCUT2D eigenvalue weighted by atomic mass is 9.76. The smallest absolute Gasteiger partial charge is 0.102 e. The van der Waals surface area contributed by atoms with Crippen LogP contribution in [-0.4, -0.2) is 68.8 Å². The zero-order valence-electron chi connectivity index (χ0n) is 19.3. The first-order valence-corrected chi connectivity index (χ1v) is 11.9. The standard InChI is InChI=1S/C25H40N4O/c1-19(2)28-11-13-29(14-12-28)23-7-5-22(6-8-23)26-25-17-24(20(3)18-27(25)4)21-9-15-30-16-10-21/h5-8,17,19-21,24,26H,9-16,18H2,1-4H3/t20-,24?/m0/s1. The number of hydrogen-bond donors (Lipinski definition) is 1. The van der Waals surface area contributed by atoms with Crippen LogP contribution in [0.25, 0.3) is 0 Å². The summed E-state index contributed by atoms with van der Waals surface area (Å²) in [6.45, 7) is 14.5. The van der Waals surface area contributed by atoms with E-state index in [-0.39, 0.29) is 0 Å². The van der Waals surface area contributed by atoms with E-state index in [4.69, 9.17) is 4.74 Å². The van der Waals surface area contributed by atoms with Gasteiger partial charge in [0, 0.05) is 70.4 Å². The molecule has 166 valence electrons. The van der Waals surface area contributed by atoms with E-state index >= 15 is 0 Å². The molecule has 0 radical (unpaired) electrons. The van der Waals surface area contributed by atoms with Crippen LogP contribution in [0.15, 0.2) is 36.2 Å². The Morgan fingerprint density at radius 1 is 1.00 bits per heavy atom. The van der Waals surface area contributed by atoms with Gasteiger partial charge < -0.3 is 19.9 Å². The molecule has 5 nitrogen and oxygen atoms in total. The average molecular weight is 413 g/mol. The van der Waals surface area contributed by atoms with Gasteiger partial charge in [-0.1, -0.05) is 6.92 Å². The van der Waals surface area contributed by atoms with Gasteiger partial charge in [0.05, 0.1) is 0 Å². The van der Waals surface area contributed by atoms with Crippen LogP contribution < -0.4 is 10.2 Å². The molecule has 1 aromatic carbocycles. The van der Waals surface area contributed by atoms with Crippen LogP contribution in [0.5, 0.6) is 0 Å². The second-order valence-corrected chi connectivity index (χ2v) is 9.73. The highest BCUT2D eigenvalue weighted by Crippen LogP contribution is 2.35. The molecule has 2 fully saturated rings. The molecule has 1 aromatic rings. The SMILES string of the molecule is CC(C)N1CCN(c2ccc(NC3=CC(C4CCOCC4)[C@@H](C)CN3C)cc2)CC1. The maximum Gasteiger partial charge on any atom is 0.102 e. The van der Waals surface area contributed by atoms with Gasteiger partial charge in [-0.3, -0.25) is 4.90 Å². The lowest BCUT2D eigenvalue weighted by Crippen LogP contribution is -2.48. The van der Waals surface area contributed by atoms with Crippen LogP contribution >= 0.6 is 0 Å². The Bertz CT molecular complexity index is 702. The molecular formula is C25H40N4O. The average Bonchev–Trinajstić information content (AvgIpc) is 2.77. The number of rotatable bonds is 5. The minimum atomic E-state index is 0.643. The Labute approximate surface area is 183 Å². The minimum Gasteiger partial charge on any atom is -0.381 e. The Morgan fingerprint density at radius 2 is 1.67 bits per heavy atom. The number of ether oxygens (including phenoxy) is 1. The first kappa shape index (κ1) is 21.5. The van der Waals surface area contributed by atoms with Crippen molar-refractivity contribution >= 4 is 11.4 Å². The summed E-state index contributed by atoms with van der Waals surface area (Å²) < 4.78 is 5.59. The summed E-state index contributed by atoms with van der Waals surface area (Å²) in [6, 6.07) is 9.66. The number of nitrogens with one attached hydrogen (secondary N) is 1. The van der Waals surface area contributed by atoms with E-state index in [1.807, 2.05) is 0 Å². The van der Waals surface area contributed by atoms with Crippen molar-refractivity contribution in [3.05, 3.63) is 36.2 Å². The molecular weight excluding hydrogens is 372 g/mol. The minimum absolute atomic E-state index is 0.643. The molecule has 4 rings (SSSR count).